The molecule has 0 amide bonds. The van der Waals surface area contributed by atoms with Crippen molar-refractivity contribution in [2.45, 2.75) is 38.5 Å². The molecule has 0 unspecified atom stereocenters. The van der Waals surface area contributed by atoms with Crippen LogP contribution in [0.2, 0.25) is 0 Å². The maximum atomic E-state index is 2.48. The van der Waals surface area contributed by atoms with E-state index in [1.165, 1.54) is 90.3 Å². The molecule has 0 saturated heterocycles. The summed E-state index contributed by atoms with van der Waals surface area (Å²) in [5.74, 6) is 0. The first-order valence-electron chi connectivity index (χ1n) is 20.4. The van der Waals surface area contributed by atoms with Gasteiger partial charge in [-0.25, -0.2) is 0 Å². The van der Waals surface area contributed by atoms with Gasteiger partial charge in [0.05, 0.1) is 56.9 Å². The molecule has 8 aromatic carbocycles. The van der Waals surface area contributed by atoms with Crippen LogP contribution in [-0.4, -0.2) is 0 Å². The first-order valence-corrected chi connectivity index (χ1v) is 20.4. The Kier molecular flexibility index (Phi) is 6.71. The number of benzene rings is 8. The minimum Gasteiger partial charge on any atom is -0.306 e. The van der Waals surface area contributed by atoms with E-state index >= 15 is 0 Å². The first kappa shape index (κ1) is 33.1. The fraction of sp³-hybridized carbons (Fsp3) is 0.111. The number of nitrogens with zero attached hydrogens (tertiary/aromatic N) is 4. The Hall–Kier alpha value is -7.04. The molecule has 8 aromatic rings. The van der Waals surface area contributed by atoms with Crippen molar-refractivity contribution in [3.8, 4) is 11.1 Å². The largest absolute Gasteiger partial charge is 0.306 e. The Morgan fingerprint density at radius 1 is 0.259 bits per heavy atom. The average molecular weight is 747 g/mol. The fourth-order valence-electron chi connectivity index (χ4n) is 10.4. The number of para-hydroxylation sites is 8. The van der Waals surface area contributed by atoms with E-state index in [-0.39, 0.29) is 10.8 Å². The van der Waals surface area contributed by atoms with E-state index in [2.05, 4.69) is 229 Å². The molecule has 0 saturated carbocycles. The SMILES string of the molecule is CC1(C)c2ccccc2N2c3ccccc3N(c3ccc(-c4ccc(N5c6ccccc6N6c7ccccc7C(C)(C)c7cccc5c76)cc4)cc3)c3cccc1c32. The topological polar surface area (TPSA) is 13.0 Å². The van der Waals surface area contributed by atoms with Gasteiger partial charge in [-0.2, -0.15) is 0 Å². The maximum Gasteiger partial charge on any atom is 0.0744 e. The quantitative estimate of drug-likeness (QED) is 0.178. The molecule has 278 valence electrons. The molecule has 0 aromatic heterocycles. The normalized spacial score (nSPS) is 15.7. The zero-order chi connectivity index (χ0) is 38.9. The van der Waals surface area contributed by atoms with Gasteiger partial charge in [-0.1, -0.05) is 137 Å². The van der Waals surface area contributed by atoms with E-state index in [0.29, 0.717) is 0 Å². The highest BCUT2D eigenvalue weighted by Crippen LogP contribution is 2.63. The molecule has 4 heterocycles. The van der Waals surface area contributed by atoms with Crippen molar-refractivity contribution in [3.05, 3.63) is 204 Å². The highest BCUT2D eigenvalue weighted by molar-refractivity contribution is 6.06. The van der Waals surface area contributed by atoms with Gasteiger partial charge in [-0.3, -0.25) is 0 Å². The van der Waals surface area contributed by atoms with Crippen molar-refractivity contribution in [1.82, 2.24) is 0 Å². The molecule has 0 aliphatic carbocycles. The Morgan fingerprint density at radius 3 is 0.931 bits per heavy atom. The summed E-state index contributed by atoms with van der Waals surface area (Å²) in [6.45, 7) is 9.43. The summed E-state index contributed by atoms with van der Waals surface area (Å²) >= 11 is 0. The molecule has 12 rings (SSSR count). The molecule has 4 aliphatic rings. The van der Waals surface area contributed by atoms with Gasteiger partial charge in [0.1, 0.15) is 0 Å². The van der Waals surface area contributed by atoms with E-state index in [1.807, 2.05) is 0 Å². The van der Waals surface area contributed by atoms with Crippen molar-refractivity contribution in [2.75, 3.05) is 19.6 Å². The third-order valence-electron chi connectivity index (χ3n) is 13.3. The van der Waals surface area contributed by atoms with Crippen LogP contribution < -0.4 is 19.6 Å². The summed E-state index contributed by atoms with van der Waals surface area (Å²) in [5, 5.41) is 0. The Labute approximate surface area is 340 Å². The van der Waals surface area contributed by atoms with Crippen molar-refractivity contribution >= 4 is 68.2 Å². The molecule has 0 spiro atoms. The minimum absolute atomic E-state index is 0.135. The van der Waals surface area contributed by atoms with E-state index in [4.69, 9.17) is 0 Å². The van der Waals surface area contributed by atoms with Crippen LogP contribution in [0, 0.1) is 0 Å². The average Bonchev–Trinajstić information content (AvgIpc) is 3.26. The summed E-state index contributed by atoms with van der Waals surface area (Å²) in [6, 6.07) is 67.3. The maximum absolute atomic E-state index is 2.48. The van der Waals surface area contributed by atoms with Gasteiger partial charge >= 0.3 is 0 Å². The minimum atomic E-state index is -0.135. The third kappa shape index (κ3) is 4.35. The monoisotopic (exact) mass is 746 g/mol. The highest BCUT2D eigenvalue weighted by atomic mass is 15.3. The number of fused-ring (bicyclic) bond motifs is 8. The molecule has 0 radical (unpaired) electrons. The number of hydrogen-bond acceptors (Lipinski definition) is 4. The van der Waals surface area contributed by atoms with Gasteiger partial charge in [0.2, 0.25) is 0 Å². The van der Waals surface area contributed by atoms with Crippen LogP contribution in [0.3, 0.4) is 0 Å². The van der Waals surface area contributed by atoms with E-state index in [9.17, 15) is 0 Å². The van der Waals surface area contributed by atoms with Crippen molar-refractivity contribution in [3.63, 3.8) is 0 Å². The number of anilines is 12. The van der Waals surface area contributed by atoms with Gasteiger partial charge in [0.15, 0.2) is 0 Å². The molecule has 4 nitrogen and oxygen atoms in total. The summed E-state index contributed by atoms with van der Waals surface area (Å²) in [6.07, 6.45) is 0. The molecule has 0 N–H and O–H groups in total. The van der Waals surface area contributed by atoms with Crippen LogP contribution in [-0.2, 0) is 10.8 Å². The van der Waals surface area contributed by atoms with Crippen LogP contribution in [0.25, 0.3) is 11.1 Å². The lowest BCUT2D eigenvalue weighted by molar-refractivity contribution is 0.631. The fourth-order valence-corrected chi connectivity index (χ4v) is 10.4. The van der Waals surface area contributed by atoms with Gasteiger partial charge in [0.25, 0.3) is 0 Å². The molecule has 0 bridgehead atoms. The van der Waals surface area contributed by atoms with E-state index in [1.54, 1.807) is 0 Å². The molecular weight excluding hydrogens is 705 g/mol. The van der Waals surface area contributed by atoms with Crippen LogP contribution in [0.4, 0.5) is 68.2 Å². The number of rotatable bonds is 3. The second kappa shape index (κ2) is 11.7. The smallest absolute Gasteiger partial charge is 0.0744 e. The predicted molar refractivity (Wildman–Crippen MR) is 242 cm³/mol. The third-order valence-corrected chi connectivity index (χ3v) is 13.3. The second-order valence-corrected chi connectivity index (χ2v) is 17.0. The van der Waals surface area contributed by atoms with Crippen LogP contribution in [0.15, 0.2) is 182 Å². The predicted octanol–water partition coefficient (Wildman–Crippen LogP) is 15.1. The zero-order valence-electron chi connectivity index (χ0n) is 33.1. The lowest BCUT2D eigenvalue weighted by Gasteiger charge is -2.48. The summed E-state index contributed by atoms with van der Waals surface area (Å²) in [7, 11) is 0. The summed E-state index contributed by atoms with van der Waals surface area (Å²) in [5.41, 5.74) is 22.0. The lowest BCUT2D eigenvalue weighted by atomic mass is 9.72. The second-order valence-electron chi connectivity index (χ2n) is 17.0. The Balaban J connectivity index is 0.923. The van der Waals surface area contributed by atoms with E-state index < -0.39 is 0 Å². The van der Waals surface area contributed by atoms with E-state index in [0.717, 1.165) is 11.4 Å². The summed E-state index contributed by atoms with van der Waals surface area (Å²) in [4.78, 5) is 9.85. The van der Waals surface area contributed by atoms with Gasteiger partial charge in [-0.15, -0.1) is 0 Å². The van der Waals surface area contributed by atoms with Gasteiger partial charge < -0.3 is 19.6 Å². The lowest BCUT2D eigenvalue weighted by Crippen LogP contribution is -2.34. The molecule has 4 aliphatic heterocycles. The summed E-state index contributed by atoms with van der Waals surface area (Å²) < 4.78 is 0. The Bertz CT molecular complexity index is 2770. The molecule has 4 heteroatoms. The van der Waals surface area contributed by atoms with Crippen LogP contribution in [0.5, 0.6) is 0 Å². The molecule has 0 atom stereocenters. The zero-order valence-corrected chi connectivity index (χ0v) is 33.1. The van der Waals surface area contributed by atoms with Crippen molar-refractivity contribution in [2.24, 2.45) is 0 Å². The van der Waals surface area contributed by atoms with Gasteiger partial charge in [-0.05, 0) is 106 Å². The van der Waals surface area contributed by atoms with Crippen LogP contribution >= 0.6 is 0 Å². The van der Waals surface area contributed by atoms with Crippen LogP contribution in [0.1, 0.15) is 49.9 Å². The van der Waals surface area contributed by atoms with Gasteiger partial charge in [0, 0.05) is 22.2 Å². The Morgan fingerprint density at radius 2 is 0.552 bits per heavy atom. The first-order chi connectivity index (χ1) is 28.3. The molecular formula is C54H42N4. The highest BCUT2D eigenvalue weighted by Gasteiger charge is 2.44. The van der Waals surface area contributed by atoms with Crippen molar-refractivity contribution < 1.29 is 0 Å². The standard InChI is InChI=1S/C54H42N4/c1-53(2)39-15-5-7-19-43(39)57-47-23-11-9-21-45(47)55(49-25-13-17-41(53)51(49)57)37-31-27-35(28-32-37)36-29-33-38(34-30-36)56-46-22-10-12-24-48(46)58-44-20-8-6-16-40(44)54(3,4)42-18-14-26-50(56)52(42)58/h5-34H,1-4H3. The molecule has 0 fully saturated rings. The van der Waals surface area contributed by atoms with Crippen molar-refractivity contribution in [1.29, 1.82) is 0 Å². The molecule has 58 heavy (non-hydrogen) atoms. The number of hydrogen-bond donors (Lipinski definition) is 0.